The van der Waals surface area contributed by atoms with Gasteiger partial charge in [-0.3, -0.25) is 9.52 Å². The Morgan fingerprint density at radius 1 is 0.968 bits per heavy atom. The first-order valence-electron chi connectivity index (χ1n) is 10.3. The van der Waals surface area contributed by atoms with E-state index in [4.69, 9.17) is 4.74 Å². The number of hydrogen-bond acceptors (Lipinski definition) is 5. The van der Waals surface area contributed by atoms with Gasteiger partial charge in [0.2, 0.25) is 0 Å². The van der Waals surface area contributed by atoms with E-state index in [0.717, 1.165) is 12.8 Å². The molecule has 0 spiro atoms. The van der Waals surface area contributed by atoms with Crippen molar-refractivity contribution in [1.82, 2.24) is 10.6 Å². The van der Waals surface area contributed by atoms with E-state index in [1.165, 1.54) is 24.3 Å². The fraction of sp³-hybridized carbons (Fsp3) is 0.435. The average molecular weight is 446 g/mol. The van der Waals surface area contributed by atoms with Crippen molar-refractivity contribution in [1.29, 1.82) is 0 Å². The van der Waals surface area contributed by atoms with Crippen LogP contribution in [-0.2, 0) is 10.0 Å². The first kappa shape index (κ1) is 23.1. The minimum absolute atomic E-state index is 0.0406. The topological polar surface area (TPSA) is 96.5 Å². The molecule has 0 aliphatic carbocycles. The Hall–Kier alpha value is -2.58. The summed E-state index contributed by atoms with van der Waals surface area (Å²) in [7, 11) is -2.22. The van der Waals surface area contributed by atoms with Gasteiger partial charge in [0.25, 0.3) is 15.9 Å². The second-order valence-corrected chi connectivity index (χ2v) is 11.0. The SMILES string of the molecule is COc1ccc(NS(=O)(=O)c2ccc(C(=O)NC3CC(C)(C)NC(C)(C)C3)cc2)cc1. The first-order chi connectivity index (χ1) is 14.4. The van der Waals surface area contributed by atoms with E-state index in [1.54, 1.807) is 31.4 Å². The Morgan fingerprint density at radius 2 is 1.52 bits per heavy atom. The van der Waals surface area contributed by atoms with Crippen LogP contribution in [-0.4, -0.2) is 38.6 Å². The highest BCUT2D eigenvalue weighted by atomic mass is 32.2. The van der Waals surface area contributed by atoms with Crippen molar-refractivity contribution in [3.8, 4) is 5.75 Å². The standard InChI is InChI=1S/C23H31N3O4S/c1-22(2)14-18(15-23(3,4)26-22)24-21(27)16-6-12-20(13-7-16)31(28,29)25-17-8-10-19(30-5)11-9-17/h6-13,18,25-26H,14-15H2,1-5H3,(H,24,27). The van der Waals surface area contributed by atoms with Crippen LogP contribution in [0.5, 0.6) is 5.75 Å². The van der Waals surface area contributed by atoms with E-state index < -0.39 is 10.0 Å². The van der Waals surface area contributed by atoms with Gasteiger partial charge in [-0.1, -0.05) is 0 Å². The summed E-state index contributed by atoms with van der Waals surface area (Å²) < 4.78 is 32.9. The number of hydrogen-bond donors (Lipinski definition) is 3. The van der Waals surface area contributed by atoms with Gasteiger partial charge in [0, 0.05) is 28.4 Å². The maximum atomic E-state index is 12.7. The Labute approximate surface area is 184 Å². The maximum Gasteiger partial charge on any atom is 0.261 e. The molecule has 168 valence electrons. The second kappa shape index (κ2) is 8.51. The number of amides is 1. The average Bonchev–Trinajstić information content (AvgIpc) is 2.66. The molecular weight excluding hydrogens is 414 g/mol. The monoisotopic (exact) mass is 445 g/mol. The van der Waals surface area contributed by atoms with Crippen LogP contribution in [0.25, 0.3) is 0 Å². The molecule has 1 saturated heterocycles. The minimum Gasteiger partial charge on any atom is -0.497 e. The van der Waals surface area contributed by atoms with Gasteiger partial charge in [-0.25, -0.2) is 8.42 Å². The second-order valence-electron chi connectivity index (χ2n) is 9.33. The van der Waals surface area contributed by atoms with Crippen molar-refractivity contribution in [2.45, 2.75) is 62.6 Å². The Bertz CT molecular complexity index is 1010. The number of ether oxygens (including phenoxy) is 1. The third-order valence-corrected chi connectivity index (χ3v) is 6.69. The maximum absolute atomic E-state index is 12.7. The Morgan fingerprint density at radius 3 is 2.03 bits per heavy atom. The van der Waals surface area contributed by atoms with E-state index in [1.807, 2.05) is 0 Å². The summed E-state index contributed by atoms with van der Waals surface area (Å²) in [4.78, 5) is 12.8. The number of methoxy groups -OCH3 is 1. The molecule has 0 bridgehead atoms. The number of carbonyl (C=O) groups is 1. The fourth-order valence-electron chi connectivity index (χ4n) is 4.35. The molecule has 1 heterocycles. The minimum atomic E-state index is -3.76. The van der Waals surface area contributed by atoms with Gasteiger partial charge in [-0.05, 0) is 89.1 Å². The lowest BCUT2D eigenvalue weighted by Crippen LogP contribution is -2.62. The largest absolute Gasteiger partial charge is 0.497 e. The van der Waals surface area contributed by atoms with Gasteiger partial charge in [0.1, 0.15) is 5.75 Å². The molecule has 0 radical (unpaired) electrons. The third-order valence-electron chi connectivity index (χ3n) is 5.29. The summed E-state index contributed by atoms with van der Waals surface area (Å²) in [6, 6.07) is 12.6. The van der Waals surface area contributed by atoms with Gasteiger partial charge < -0.3 is 15.4 Å². The number of piperidine rings is 1. The Kier molecular flexibility index (Phi) is 6.34. The molecule has 1 aliphatic rings. The van der Waals surface area contributed by atoms with E-state index in [-0.39, 0.29) is 27.9 Å². The molecule has 1 fully saturated rings. The third kappa shape index (κ3) is 5.98. The van der Waals surface area contributed by atoms with Gasteiger partial charge in [-0.15, -0.1) is 0 Å². The molecule has 0 unspecified atom stereocenters. The molecule has 2 aromatic rings. The van der Waals surface area contributed by atoms with E-state index >= 15 is 0 Å². The molecule has 0 atom stereocenters. The lowest BCUT2D eigenvalue weighted by Gasteiger charge is -2.46. The summed E-state index contributed by atoms with van der Waals surface area (Å²) >= 11 is 0. The predicted molar refractivity (Wildman–Crippen MR) is 122 cm³/mol. The zero-order valence-electron chi connectivity index (χ0n) is 18.7. The number of nitrogens with one attached hydrogen (secondary N) is 3. The van der Waals surface area contributed by atoms with Crippen molar-refractivity contribution in [2.75, 3.05) is 11.8 Å². The lowest BCUT2D eigenvalue weighted by molar-refractivity contribution is 0.0873. The van der Waals surface area contributed by atoms with Crippen molar-refractivity contribution < 1.29 is 17.9 Å². The summed E-state index contributed by atoms with van der Waals surface area (Å²) in [6.07, 6.45) is 1.64. The molecule has 3 rings (SSSR count). The number of sulfonamides is 1. The lowest BCUT2D eigenvalue weighted by atomic mass is 9.79. The van der Waals surface area contributed by atoms with Crippen LogP contribution in [0.3, 0.4) is 0 Å². The molecule has 2 aromatic carbocycles. The summed E-state index contributed by atoms with van der Waals surface area (Å²) in [5, 5.41) is 6.69. The zero-order valence-corrected chi connectivity index (χ0v) is 19.5. The summed E-state index contributed by atoms with van der Waals surface area (Å²) in [5.41, 5.74) is 0.700. The molecule has 7 nitrogen and oxygen atoms in total. The van der Waals surface area contributed by atoms with Crippen LogP contribution < -0.4 is 20.1 Å². The zero-order chi connectivity index (χ0) is 22.9. The molecule has 0 aromatic heterocycles. The Balaban J connectivity index is 1.68. The normalized spacial score (nSPS) is 18.2. The van der Waals surface area contributed by atoms with Gasteiger partial charge in [-0.2, -0.15) is 0 Å². The van der Waals surface area contributed by atoms with Crippen LogP contribution >= 0.6 is 0 Å². The number of carbonyl (C=O) groups excluding carboxylic acids is 1. The van der Waals surface area contributed by atoms with Crippen LogP contribution in [0.1, 0.15) is 50.9 Å². The first-order valence-corrected chi connectivity index (χ1v) is 11.7. The fourth-order valence-corrected chi connectivity index (χ4v) is 5.41. The van der Waals surface area contributed by atoms with E-state index in [0.29, 0.717) is 17.0 Å². The highest BCUT2D eigenvalue weighted by Gasteiger charge is 2.38. The number of rotatable bonds is 6. The quantitative estimate of drug-likeness (QED) is 0.632. The molecular formula is C23H31N3O4S. The smallest absolute Gasteiger partial charge is 0.261 e. The van der Waals surface area contributed by atoms with Gasteiger partial charge in [0.05, 0.1) is 12.0 Å². The van der Waals surface area contributed by atoms with Crippen LogP contribution in [0, 0.1) is 0 Å². The highest BCUT2D eigenvalue weighted by molar-refractivity contribution is 7.92. The predicted octanol–water partition coefficient (Wildman–Crippen LogP) is 3.54. The van der Waals surface area contributed by atoms with Gasteiger partial charge in [0.15, 0.2) is 0 Å². The highest BCUT2D eigenvalue weighted by Crippen LogP contribution is 2.28. The number of benzene rings is 2. The van der Waals surface area contributed by atoms with Crippen molar-refractivity contribution >= 4 is 21.6 Å². The van der Waals surface area contributed by atoms with E-state index in [9.17, 15) is 13.2 Å². The molecule has 1 amide bonds. The van der Waals surface area contributed by atoms with Crippen LogP contribution in [0.15, 0.2) is 53.4 Å². The summed E-state index contributed by atoms with van der Waals surface area (Å²) in [5.74, 6) is 0.435. The van der Waals surface area contributed by atoms with Crippen molar-refractivity contribution in [3.05, 3.63) is 54.1 Å². The van der Waals surface area contributed by atoms with Crippen molar-refractivity contribution in [3.63, 3.8) is 0 Å². The molecule has 31 heavy (non-hydrogen) atoms. The van der Waals surface area contributed by atoms with Crippen molar-refractivity contribution in [2.24, 2.45) is 0 Å². The molecule has 1 aliphatic heterocycles. The van der Waals surface area contributed by atoms with Crippen LogP contribution in [0.2, 0.25) is 0 Å². The molecule has 0 saturated carbocycles. The van der Waals surface area contributed by atoms with Crippen LogP contribution in [0.4, 0.5) is 5.69 Å². The van der Waals surface area contributed by atoms with E-state index in [2.05, 4.69) is 43.1 Å². The number of anilines is 1. The van der Waals surface area contributed by atoms with Gasteiger partial charge >= 0.3 is 0 Å². The molecule has 3 N–H and O–H groups in total. The molecule has 8 heteroatoms. The summed E-state index contributed by atoms with van der Waals surface area (Å²) in [6.45, 7) is 8.51.